The van der Waals surface area contributed by atoms with Gasteiger partial charge in [0.05, 0.1) is 11.9 Å². The van der Waals surface area contributed by atoms with E-state index < -0.39 is 10.0 Å². The second-order valence-electron chi connectivity index (χ2n) is 7.84. The Balaban J connectivity index is 1.74. The fourth-order valence-corrected chi connectivity index (χ4v) is 4.48. The molecule has 2 heterocycles. The van der Waals surface area contributed by atoms with E-state index in [4.69, 9.17) is 0 Å². The molecule has 1 aromatic rings. The van der Waals surface area contributed by atoms with E-state index >= 15 is 0 Å². The Labute approximate surface area is 172 Å². The van der Waals surface area contributed by atoms with E-state index in [2.05, 4.69) is 5.10 Å². The number of carbonyl (C=O) groups excluding carboxylic acids is 2. The van der Waals surface area contributed by atoms with Gasteiger partial charge in [-0.1, -0.05) is 12.1 Å². The third kappa shape index (κ3) is 4.67. The monoisotopic (exact) mass is 420 g/mol. The first-order chi connectivity index (χ1) is 13.6. The van der Waals surface area contributed by atoms with Crippen molar-refractivity contribution in [3.63, 3.8) is 0 Å². The summed E-state index contributed by atoms with van der Waals surface area (Å²) in [7, 11) is -1.67. The van der Waals surface area contributed by atoms with Crippen LogP contribution in [0.4, 0.5) is 5.69 Å². The minimum Gasteiger partial charge on any atom is -0.337 e. The quantitative estimate of drug-likeness (QED) is 0.741. The van der Waals surface area contributed by atoms with Crippen LogP contribution in [0.3, 0.4) is 0 Å². The number of amides is 2. The molecule has 8 nitrogen and oxygen atoms in total. The standard InChI is InChI=1S/C20H28N4O4S/c1-14-5-6-15(2)18(13-14)24-19(25)8-7-17(21-24)20(26)23-11-9-16(10-12-23)22(3)29(4,27)28/h5-6,13,16H,7-12H2,1-4H3. The molecule has 29 heavy (non-hydrogen) atoms. The molecule has 1 saturated heterocycles. The maximum Gasteiger partial charge on any atom is 0.270 e. The first kappa shape index (κ1) is 21.4. The van der Waals surface area contributed by atoms with Crippen LogP contribution in [0.25, 0.3) is 0 Å². The molecule has 2 aliphatic rings. The second kappa shape index (κ2) is 8.23. The van der Waals surface area contributed by atoms with Gasteiger partial charge in [0.1, 0.15) is 5.71 Å². The van der Waals surface area contributed by atoms with Gasteiger partial charge in [0, 0.05) is 39.0 Å². The fraction of sp³-hybridized carbons (Fsp3) is 0.550. The molecule has 1 fully saturated rings. The molecule has 2 amide bonds. The highest BCUT2D eigenvalue weighted by Gasteiger charge is 2.33. The normalized spacial score (nSPS) is 18.9. The first-order valence-corrected chi connectivity index (χ1v) is 11.6. The SMILES string of the molecule is Cc1ccc(C)c(N2N=C(C(=O)N3CCC(N(C)S(C)(=O)=O)CC3)CCC2=O)c1. The lowest BCUT2D eigenvalue weighted by Crippen LogP contribution is -2.49. The van der Waals surface area contributed by atoms with Crippen LogP contribution in [-0.4, -0.2) is 67.6 Å². The van der Waals surface area contributed by atoms with Crippen molar-refractivity contribution < 1.29 is 18.0 Å². The summed E-state index contributed by atoms with van der Waals surface area (Å²) in [5.74, 6) is -0.294. The summed E-state index contributed by atoms with van der Waals surface area (Å²) in [6.07, 6.45) is 2.93. The number of rotatable bonds is 4. The van der Waals surface area contributed by atoms with Crippen molar-refractivity contribution in [2.24, 2.45) is 5.10 Å². The molecule has 9 heteroatoms. The van der Waals surface area contributed by atoms with E-state index in [1.165, 1.54) is 15.6 Å². The molecule has 0 aromatic heterocycles. The molecular formula is C20H28N4O4S. The summed E-state index contributed by atoms with van der Waals surface area (Å²) in [6, 6.07) is 5.71. The fourth-order valence-electron chi connectivity index (χ4n) is 3.73. The summed E-state index contributed by atoms with van der Waals surface area (Å²) in [5, 5.41) is 5.76. The number of benzene rings is 1. The number of anilines is 1. The number of hydrogen-bond donors (Lipinski definition) is 0. The van der Waals surface area contributed by atoms with Crippen molar-refractivity contribution in [2.75, 3.05) is 31.4 Å². The first-order valence-electron chi connectivity index (χ1n) is 9.78. The Morgan fingerprint density at radius 3 is 2.45 bits per heavy atom. The van der Waals surface area contributed by atoms with Crippen LogP contribution in [0.1, 0.15) is 36.8 Å². The Hall–Kier alpha value is -2.26. The summed E-state index contributed by atoms with van der Waals surface area (Å²) in [6.45, 7) is 4.81. The van der Waals surface area contributed by atoms with Gasteiger partial charge in [-0.3, -0.25) is 9.59 Å². The molecule has 158 valence electrons. The zero-order valence-corrected chi connectivity index (χ0v) is 18.2. The Morgan fingerprint density at radius 1 is 1.17 bits per heavy atom. The molecule has 0 aliphatic carbocycles. The molecule has 2 aliphatic heterocycles. The van der Waals surface area contributed by atoms with Gasteiger partial charge in [-0.2, -0.15) is 5.10 Å². The number of piperidine rings is 1. The maximum absolute atomic E-state index is 13.0. The summed E-state index contributed by atoms with van der Waals surface area (Å²) in [4.78, 5) is 27.1. The van der Waals surface area contributed by atoms with Crippen molar-refractivity contribution in [3.8, 4) is 0 Å². The number of sulfonamides is 1. The van der Waals surface area contributed by atoms with Crippen LogP contribution in [0.2, 0.25) is 0 Å². The van der Waals surface area contributed by atoms with Crippen LogP contribution in [0.5, 0.6) is 0 Å². The number of likely N-dealkylation sites (tertiary alicyclic amines) is 1. The van der Waals surface area contributed by atoms with Crippen LogP contribution in [0, 0.1) is 13.8 Å². The molecule has 0 saturated carbocycles. The molecule has 3 rings (SSSR count). The smallest absolute Gasteiger partial charge is 0.270 e. The number of carbonyl (C=O) groups is 2. The van der Waals surface area contributed by atoms with E-state index in [1.807, 2.05) is 32.0 Å². The number of aryl methyl sites for hydroxylation is 2. The van der Waals surface area contributed by atoms with Crippen LogP contribution in [-0.2, 0) is 19.6 Å². The van der Waals surface area contributed by atoms with Gasteiger partial charge >= 0.3 is 0 Å². The van der Waals surface area contributed by atoms with Crippen molar-refractivity contribution in [1.82, 2.24) is 9.21 Å². The zero-order valence-electron chi connectivity index (χ0n) is 17.4. The Morgan fingerprint density at radius 2 is 1.83 bits per heavy atom. The lowest BCUT2D eigenvalue weighted by Gasteiger charge is -2.36. The van der Waals surface area contributed by atoms with Crippen molar-refractivity contribution in [2.45, 2.75) is 45.6 Å². The van der Waals surface area contributed by atoms with E-state index in [0.717, 1.165) is 11.1 Å². The number of hydrogen-bond acceptors (Lipinski definition) is 5. The Bertz CT molecular complexity index is 949. The van der Waals surface area contributed by atoms with Crippen molar-refractivity contribution in [1.29, 1.82) is 0 Å². The van der Waals surface area contributed by atoms with Gasteiger partial charge in [0.2, 0.25) is 15.9 Å². The number of nitrogens with zero attached hydrogens (tertiary/aromatic N) is 4. The third-order valence-electron chi connectivity index (χ3n) is 5.66. The molecule has 1 aromatic carbocycles. The lowest BCUT2D eigenvalue weighted by atomic mass is 10.0. The molecule has 0 N–H and O–H groups in total. The highest BCUT2D eigenvalue weighted by atomic mass is 32.2. The number of hydrazone groups is 1. The topological polar surface area (TPSA) is 90.4 Å². The average Bonchev–Trinajstić information content (AvgIpc) is 2.68. The second-order valence-corrected chi connectivity index (χ2v) is 9.89. The largest absolute Gasteiger partial charge is 0.337 e. The predicted molar refractivity (Wildman–Crippen MR) is 112 cm³/mol. The molecule has 0 unspecified atom stereocenters. The minimum atomic E-state index is -3.25. The predicted octanol–water partition coefficient (Wildman–Crippen LogP) is 1.67. The van der Waals surface area contributed by atoms with Gasteiger partial charge < -0.3 is 4.90 Å². The average molecular weight is 421 g/mol. The molecule has 0 bridgehead atoms. The van der Waals surface area contributed by atoms with E-state index in [-0.39, 0.29) is 24.3 Å². The van der Waals surface area contributed by atoms with Crippen molar-refractivity contribution in [3.05, 3.63) is 29.3 Å². The molecule has 0 radical (unpaired) electrons. The van der Waals surface area contributed by atoms with Gasteiger partial charge in [0.25, 0.3) is 5.91 Å². The van der Waals surface area contributed by atoms with Crippen LogP contribution < -0.4 is 5.01 Å². The van der Waals surface area contributed by atoms with Crippen LogP contribution in [0.15, 0.2) is 23.3 Å². The van der Waals surface area contributed by atoms with Gasteiger partial charge in [0.15, 0.2) is 0 Å². The van der Waals surface area contributed by atoms with Crippen LogP contribution >= 0.6 is 0 Å². The highest BCUT2D eigenvalue weighted by molar-refractivity contribution is 7.88. The summed E-state index contributed by atoms with van der Waals surface area (Å²) < 4.78 is 24.9. The minimum absolute atomic E-state index is 0.102. The third-order valence-corrected chi connectivity index (χ3v) is 7.01. The summed E-state index contributed by atoms with van der Waals surface area (Å²) >= 11 is 0. The van der Waals surface area contributed by atoms with Gasteiger partial charge in [-0.25, -0.2) is 17.7 Å². The van der Waals surface area contributed by atoms with Crippen molar-refractivity contribution >= 4 is 33.2 Å². The van der Waals surface area contributed by atoms with E-state index in [1.54, 1.807) is 11.9 Å². The molecule has 0 atom stereocenters. The summed E-state index contributed by atoms with van der Waals surface area (Å²) in [5.41, 5.74) is 3.02. The van der Waals surface area contributed by atoms with Gasteiger partial charge in [-0.05, 0) is 43.9 Å². The van der Waals surface area contributed by atoms with E-state index in [9.17, 15) is 18.0 Å². The highest BCUT2D eigenvalue weighted by Crippen LogP contribution is 2.26. The van der Waals surface area contributed by atoms with Gasteiger partial charge in [-0.15, -0.1) is 0 Å². The molecular weight excluding hydrogens is 392 g/mol. The molecule has 0 spiro atoms. The lowest BCUT2D eigenvalue weighted by molar-refractivity contribution is -0.125. The maximum atomic E-state index is 13.0. The Kier molecular flexibility index (Phi) is 6.09. The zero-order chi connectivity index (χ0) is 21.3. The van der Waals surface area contributed by atoms with E-state index in [0.29, 0.717) is 43.8 Å².